The molecule has 2 fully saturated rings. The molecule has 0 aliphatic carbocycles. The number of amides is 2. The molecule has 4 nitrogen and oxygen atoms in total. The first-order valence-corrected chi connectivity index (χ1v) is 9.30. The molecule has 3 rings (SSSR count). The van der Waals surface area contributed by atoms with Gasteiger partial charge in [-0.25, -0.2) is 0 Å². The Morgan fingerprint density at radius 1 is 1.43 bits per heavy atom. The maximum Gasteiger partial charge on any atom is 0.248 e. The van der Waals surface area contributed by atoms with Crippen molar-refractivity contribution in [2.75, 3.05) is 11.1 Å². The summed E-state index contributed by atoms with van der Waals surface area (Å²) in [4.78, 5) is 26.3. The van der Waals surface area contributed by atoms with Gasteiger partial charge in [0.2, 0.25) is 11.8 Å². The van der Waals surface area contributed by atoms with Crippen molar-refractivity contribution in [3.8, 4) is 0 Å². The second-order valence-corrected chi connectivity index (χ2v) is 8.19. The highest BCUT2D eigenvalue weighted by atomic mass is 32.2. The average molecular weight is 332 g/mol. The number of hydrogen-bond donors (Lipinski definition) is 1. The van der Waals surface area contributed by atoms with Gasteiger partial charge in [-0.05, 0) is 43.4 Å². The van der Waals surface area contributed by atoms with Crippen molar-refractivity contribution in [3.63, 3.8) is 0 Å². The van der Waals surface area contributed by atoms with Crippen LogP contribution in [0.15, 0.2) is 24.3 Å². The molecule has 0 unspecified atom stereocenters. The van der Waals surface area contributed by atoms with Gasteiger partial charge in [-0.3, -0.25) is 9.59 Å². The quantitative estimate of drug-likeness (QED) is 0.916. The molecule has 23 heavy (non-hydrogen) atoms. The summed E-state index contributed by atoms with van der Waals surface area (Å²) < 4.78 is 0. The standard InChI is InChI=1S/C18H24N2O2S/c1-4-12(2)13-5-7-14(8-6-13)19-17(22)15-11-23-18(3)10-9-16(21)20(15)18/h5-8,12,15H,4,9-11H2,1-3H3,(H,19,22)/t12-,15-,18-/m0/s1. The molecule has 5 heteroatoms. The molecule has 1 aromatic rings. The maximum atomic E-state index is 12.6. The van der Waals surface area contributed by atoms with Gasteiger partial charge in [-0.1, -0.05) is 26.0 Å². The monoisotopic (exact) mass is 332 g/mol. The van der Waals surface area contributed by atoms with Crippen LogP contribution in [0.1, 0.15) is 51.5 Å². The van der Waals surface area contributed by atoms with Crippen molar-refractivity contribution in [1.29, 1.82) is 0 Å². The number of nitrogens with one attached hydrogen (secondary N) is 1. The SMILES string of the molecule is CC[C@H](C)c1ccc(NC(=O)[C@@H]2CS[C@@]3(C)CCC(=O)N23)cc1. The van der Waals surface area contributed by atoms with Crippen LogP contribution in [0.25, 0.3) is 0 Å². The lowest BCUT2D eigenvalue weighted by atomic mass is 9.98. The second-order valence-electron chi connectivity index (χ2n) is 6.69. The van der Waals surface area contributed by atoms with Crippen LogP contribution in [0.2, 0.25) is 0 Å². The first kappa shape index (κ1) is 16.4. The average Bonchev–Trinajstić information content (AvgIpc) is 3.04. The lowest BCUT2D eigenvalue weighted by molar-refractivity contribution is -0.135. The minimum Gasteiger partial charge on any atom is -0.324 e. The number of thioether (sulfide) groups is 1. The number of anilines is 1. The molecule has 2 aliphatic rings. The van der Waals surface area contributed by atoms with Crippen molar-refractivity contribution in [3.05, 3.63) is 29.8 Å². The predicted octanol–water partition coefficient (Wildman–Crippen LogP) is 3.59. The van der Waals surface area contributed by atoms with Gasteiger partial charge in [0.25, 0.3) is 0 Å². The molecule has 0 radical (unpaired) electrons. The summed E-state index contributed by atoms with van der Waals surface area (Å²) in [5.74, 6) is 1.23. The molecule has 1 N–H and O–H groups in total. The first-order chi connectivity index (χ1) is 10.9. The molecule has 2 saturated heterocycles. The van der Waals surface area contributed by atoms with E-state index in [1.807, 2.05) is 12.1 Å². The number of fused-ring (bicyclic) bond motifs is 1. The van der Waals surface area contributed by atoms with Crippen LogP contribution in [0, 0.1) is 0 Å². The maximum absolute atomic E-state index is 12.6. The molecule has 1 aromatic carbocycles. The van der Waals surface area contributed by atoms with Gasteiger partial charge in [0.05, 0.1) is 4.87 Å². The summed E-state index contributed by atoms with van der Waals surface area (Å²) in [7, 11) is 0. The Morgan fingerprint density at radius 3 is 2.78 bits per heavy atom. The van der Waals surface area contributed by atoms with E-state index >= 15 is 0 Å². The summed E-state index contributed by atoms with van der Waals surface area (Å²) in [6, 6.07) is 7.68. The van der Waals surface area contributed by atoms with Crippen LogP contribution in [0.3, 0.4) is 0 Å². The zero-order valence-electron chi connectivity index (χ0n) is 14.0. The van der Waals surface area contributed by atoms with Crippen molar-refractivity contribution >= 4 is 29.3 Å². The summed E-state index contributed by atoms with van der Waals surface area (Å²) in [5.41, 5.74) is 2.08. The Labute approximate surface area is 142 Å². The van der Waals surface area contributed by atoms with Crippen LogP contribution in [0.5, 0.6) is 0 Å². The minimum atomic E-state index is -0.353. The molecule has 2 amide bonds. The minimum absolute atomic E-state index is 0.0761. The van der Waals surface area contributed by atoms with Crippen molar-refractivity contribution in [2.45, 2.75) is 56.9 Å². The molecule has 0 spiro atoms. The lowest BCUT2D eigenvalue weighted by Gasteiger charge is -2.29. The first-order valence-electron chi connectivity index (χ1n) is 8.31. The third-order valence-electron chi connectivity index (χ3n) is 5.11. The van der Waals surface area contributed by atoms with Gasteiger partial charge in [0.1, 0.15) is 6.04 Å². The molecule has 0 aromatic heterocycles. The number of hydrogen-bond acceptors (Lipinski definition) is 3. The Hall–Kier alpha value is -1.49. The van der Waals surface area contributed by atoms with Gasteiger partial charge in [-0.15, -0.1) is 11.8 Å². The third kappa shape index (κ3) is 2.99. The predicted molar refractivity (Wildman–Crippen MR) is 94.5 cm³/mol. The van der Waals surface area contributed by atoms with E-state index in [0.717, 1.165) is 18.5 Å². The van der Waals surface area contributed by atoms with Gasteiger partial charge in [0, 0.05) is 17.9 Å². The van der Waals surface area contributed by atoms with Crippen molar-refractivity contribution in [2.24, 2.45) is 0 Å². The van der Waals surface area contributed by atoms with Crippen LogP contribution >= 0.6 is 11.8 Å². The van der Waals surface area contributed by atoms with Crippen LogP contribution in [-0.2, 0) is 9.59 Å². The van der Waals surface area contributed by atoms with Crippen LogP contribution in [-0.4, -0.2) is 33.4 Å². The zero-order valence-corrected chi connectivity index (χ0v) is 14.8. The fourth-order valence-electron chi connectivity index (χ4n) is 3.37. The van der Waals surface area contributed by atoms with Crippen LogP contribution < -0.4 is 5.32 Å². The summed E-state index contributed by atoms with van der Waals surface area (Å²) in [6.07, 6.45) is 2.49. The van der Waals surface area contributed by atoms with Gasteiger partial charge in [-0.2, -0.15) is 0 Å². The Morgan fingerprint density at radius 2 is 2.13 bits per heavy atom. The van der Waals surface area contributed by atoms with E-state index in [1.54, 1.807) is 16.7 Å². The molecular formula is C18H24N2O2S. The highest BCUT2D eigenvalue weighted by Gasteiger charge is 2.52. The van der Waals surface area contributed by atoms with Gasteiger partial charge < -0.3 is 10.2 Å². The third-order valence-corrected chi connectivity index (χ3v) is 6.61. The number of nitrogens with zero attached hydrogens (tertiary/aromatic N) is 1. The summed E-state index contributed by atoms with van der Waals surface area (Å²) in [6.45, 7) is 6.43. The molecule has 0 saturated carbocycles. The summed E-state index contributed by atoms with van der Waals surface area (Å²) in [5, 5.41) is 2.97. The highest BCUT2D eigenvalue weighted by molar-refractivity contribution is 8.01. The van der Waals surface area contributed by atoms with E-state index in [4.69, 9.17) is 0 Å². The fourth-order valence-corrected chi connectivity index (χ4v) is 4.80. The Kier molecular flexibility index (Phi) is 4.41. The fraction of sp³-hybridized carbons (Fsp3) is 0.556. The van der Waals surface area contributed by atoms with E-state index in [-0.39, 0.29) is 22.7 Å². The smallest absolute Gasteiger partial charge is 0.248 e. The van der Waals surface area contributed by atoms with Crippen LogP contribution in [0.4, 0.5) is 5.69 Å². The van der Waals surface area contributed by atoms with Gasteiger partial charge in [0.15, 0.2) is 0 Å². The van der Waals surface area contributed by atoms with E-state index in [1.165, 1.54) is 5.56 Å². The highest BCUT2D eigenvalue weighted by Crippen LogP contribution is 2.47. The Balaban J connectivity index is 1.69. The normalized spacial score (nSPS) is 27.9. The lowest BCUT2D eigenvalue weighted by Crippen LogP contribution is -2.48. The largest absolute Gasteiger partial charge is 0.324 e. The molecule has 124 valence electrons. The molecule has 3 atom stereocenters. The molecule has 2 aliphatic heterocycles. The van der Waals surface area contributed by atoms with E-state index in [2.05, 4.69) is 38.2 Å². The second kappa shape index (κ2) is 6.19. The van der Waals surface area contributed by atoms with E-state index in [9.17, 15) is 9.59 Å². The molecular weight excluding hydrogens is 308 g/mol. The van der Waals surface area contributed by atoms with E-state index < -0.39 is 0 Å². The number of carbonyl (C=O) groups is 2. The molecule has 0 bridgehead atoms. The zero-order chi connectivity index (χ0) is 16.6. The van der Waals surface area contributed by atoms with Gasteiger partial charge >= 0.3 is 0 Å². The topological polar surface area (TPSA) is 49.4 Å². The Bertz CT molecular complexity index is 616. The van der Waals surface area contributed by atoms with Crippen molar-refractivity contribution in [1.82, 2.24) is 4.90 Å². The summed E-state index contributed by atoms with van der Waals surface area (Å²) >= 11 is 1.72. The molecule has 2 heterocycles. The number of carbonyl (C=O) groups excluding carboxylic acids is 2. The number of benzene rings is 1. The van der Waals surface area contributed by atoms with Crippen molar-refractivity contribution < 1.29 is 9.59 Å². The number of rotatable bonds is 4. The van der Waals surface area contributed by atoms with E-state index in [0.29, 0.717) is 18.1 Å².